The lowest BCUT2D eigenvalue weighted by atomic mass is 10.2. The lowest BCUT2D eigenvalue weighted by molar-refractivity contribution is -0.121. The van der Waals surface area contributed by atoms with Crippen molar-refractivity contribution in [3.05, 3.63) is 59.7 Å². The summed E-state index contributed by atoms with van der Waals surface area (Å²) in [6.07, 6.45) is 0.285. The molecule has 1 saturated heterocycles. The molecular weight excluding hydrogens is 374 g/mol. The second-order valence-electron chi connectivity index (χ2n) is 5.92. The van der Waals surface area contributed by atoms with Crippen LogP contribution >= 0.6 is 0 Å². The van der Waals surface area contributed by atoms with Gasteiger partial charge in [0, 0.05) is 18.9 Å². The van der Waals surface area contributed by atoms with Gasteiger partial charge in [0.2, 0.25) is 11.8 Å². The summed E-state index contributed by atoms with van der Waals surface area (Å²) in [5, 5.41) is 2.10. The van der Waals surface area contributed by atoms with E-state index in [1.165, 1.54) is 24.3 Å². The first-order valence-corrected chi connectivity index (χ1v) is 8.23. The van der Waals surface area contributed by atoms with Crippen LogP contribution in [0.1, 0.15) is 23.2 Å². The summed E-state index contributed by atoms with van der Waals surface area (Å²) >= 11 is 0. The average Bonchev–Trinajstić information content (AvgIpc) is 3.01. The molecule has 0 radical (unpaired) electrons. The van der Waals surface area contributed by atoms with Crippen molar-refractivity contribution in [3.63, 3.8) is 0 Å². The highest BCUT2D eigenvalue weighted by atomic mass is 19.1. The van der Waals surface area contributed by atoms with Gasteiger partial charge in [0.1, 0.15) is 11.6 Å². The predicted octanol–water partition coefficient (Wildman–Crippen LogP) is 2.41. The van der Waals surface area contributed by atoms with Gasteiger partial charge in [-0.1, -0.05) is 0 Å². The number of carbonyl (C=O) groups is 4. The maximum atomic E-state index is 13.5. The minimum atomic E-state index is -0.845. The molecule has 2 aromatic carbocycles. The SMILES string of the molecule is O=C(COC(=O)c1ccc(N2C(=O)CCC2=O)cc1)Nc1cc(F)ccc1F. The predicted molar refractivity (Wildman–Crippen MR) is 93.4 cm³/mol. The van der Waals surface area contributed by atoms with Crippen LogP contribution in [0.15, 0.2) is 42.5 Å². The molecule has 1 aliphatic rings. The van der Waals surface area contributed by atoms with E-state index in [0.29, 0.717) is 5.69 Å². The fraction of sp³-hybridized carbons (Fsp3) is 0.158. The number of imide groups is 1. The van der Waals surface area contributed by atoms with Gasteiger partial charge < -0.3 is 10.1 Å². The van der Waals surface area contributed by atoms with E-state index in [9.17, 15) is 28.0 Å². The van der Waals surface area contributed by atoms with Crippen molar-refractivity contribution in [2.45, 2.75) is 12.8 Å². The Morgan fingerprint density at radius 1 is 1.00 bits per heavy atom. The number of carbonyl (C=O) groups excluding carboxylic acids is 4. The van der Waals surface area contributed by atoms with Gasteiger partial charge in [-0.15, -0.1) is 0 Å². The average molecular weight is 388 g/mol. The summed E-state index contributed by atoms with van der Waals surface area (Å²) in [4.78, 5) is 48.2. The molecule has 1 heterocycles. The van der Waals surface area contributed by atoms with Crippen molar-refractivity contribution in [2.75, 3.05) is 16.8 Å². The summed E-state index contributed by atoms with van der Waals surface area (Å²) < 4.78 is 31.4. The Kier molecular flexibility index (Phi) is 5.44. The van der Waals surface area contributed by atoms with E-state index in [0.717, 1.165) is 23.1 Å². The van der Waals surface area contributed by atoms with E-state index < -0.39 is 30.1 Å². The van der Waals surface area contributed by atoms with Gasteiger partial charge in [-0.25, -0.2) is 13.6 Å². The molecule has 0 saturated carbocycles. The molecule has 7 nitrogen and oxygen atoms in total. The van der Waals surface area contributed by atoms with E-state index in [-0.39, 0.29) is 35.9 Å². The molecule has 9 heteroatoms. The molecule has 1 N–H and O–H groups in total. The lowest BCUT2D eigenvalue weighted by Gasteiger charge is -2.14. The molecule has 0 unspecified atom stereocenters. The summed E-state index contributed by atoms with van der Waals surface area (Å²) in [7, 11) is 0. The van der Waals surface area contributed by atoms with Crippen molar-refractivity contribution < 1.29 is 32.7 Å². The Hall–Kier alpha value is -3.62. The number of ether oxygens (including phenoxy) is 1. The normalized spacial score (nSPS) is 13.6. The van der Waals surface area contributed by atoms with E-state index in [4.69, 9.17) is 4.74 Å². The third-order valence-electron chi connectivity index (χ3n) is 3.95. The quantitative estimate of drug-likeness (QED) is 0.627. The van der Waals surface area contributed by atoms with Gasteiger partial charge in [-0.2, -0.15) is 0 Å². The Morgan fingerprint density at radius 3 is 2.29 bits per heavy atom. The number of hydrogen-bond donors (Lipinski definition) is 1. The first kappa shape index (κ1) is 19.2. The summed E-state index contributed by atoms with van der Waals surface area (Å²) in [6, 6.07) is 8.09. The monoisotopic (exact) mass is 388 g/mol. The Balaban J connectivity index is 1.57. The number of nitrogens with zero attached hydrogens (tertiary/aromatic N) is 1. The third kappa shape index (κ3) is 4.20. The highest BCUT2D eigenvalue weighted by Gasteiger charge is 2.30. The number of rotatable bonds is 5. The molecule has 3 amide bonds. The maximum Gasteiger partial charge on any atom is 0.338 e. The minimum absolute atomic E-state index is 0.0904. The molecule has 1 aliphatic heterocycles. The summed E-state index contributed by atoms with van der Waals surface area (Å²) in [5.74, 6) is -3.88. The largest absolute Gasteiger partial charge is 0.452 e. The first-order valence-electron chi connectivity index (χ1n) is 8.23. The van der Waals surface area contributed by atoms with Crippen LogP contribution in [0.2, 0.25) is 0 Å². The van der Waals surface area contributed by atoms with Gasteiger partial charge >= 0.3 is 5.97 Å². The van der Waals surface area contributed by atoms with Gasteiger partial charge in [0.25, 0.3) is 5.91 Å². The minimum Gasteiger partial charge on any atom is -0.452 e. The Morgan fingerprint density at radius 2 is 1.64 bits per heavy atom. The van der Waals surface area contributed by atoms with E-state index in [2.05, 4.69) is 5.32 Å². The van der Waals surface area contributed by atoms with Crippen molar-refractivity contribution in [1.82, 2.24) is 0 Å². The number of nitrogens with one attached hydrogen (secondary N) is 1. The number of esters is 1. The van der Waals surface area contributed by atoms with Gasteiger partial charge in [0.15, 0.2) is 6.61 Å². The number of anilines is 2. The van der Waals surface area contributed by atoms with Crippen LogP contribution < -0.4 is 10.2 Å². The Labute approximate surface area is 157 Å². The van der Waals surface area contributed by atoms with Crippen molar-refractivity contribution in [3.8, 4) is 0 Å². The fourth-order valence-corrected chi connectivity index (χ4v) is 2.61. The first-order chi connectivity index (χ1) is 13.3. The van der Waals surface area contributed by atoms with Crippen LogP contribution in [0.25, 0.3) is 0 Å². The van der Waals surface area contributed by atoms with Gasteiger partial charge in [0.05, 0.1) is 16.9 Å². The molecule has 0 aliphatic carbocycles. The zero-order valence-electron chi connectivity index (χ0n) is 14.4. The fourth-order valence-electron chi connectivity index (χ4n) is 2.61. The van der Waals surface area contributed by atoms with Crippen LogP contribution in [0, 0.1) is 11.6 Å². The molecule has 0 spiro atoms. The van der Waals surface area contributed by atoms with Crippen LogP contribution in [0.4, 0.5) is 20.2 Å². The highest BCUT2D eigenvalue weighted by Crippen LogP contribution is 2.23. The standard InChI is InChI=1S/C19H14F2N2O5/c20-12-3-6-14(21)15(9-12)22-16(24)10-28-19(27)11-1-4-13(5-2-11)23-17(25)7-8-18(23)26/h1-6,9H,7-8,10H2,(H,22,24). The molecule has 3 rings (SSSR count). The molecule has 0 bridgehead atoms. The second-order valence-corrected chi connectivity index (χ2v) is 5.92. The maximum absolute atomic E-state index is 13.5. The highest BCUT2D eigenvalue weighted by molar-refractivity contribution is 6.19. The molecule has 28 heavy (non-hydrogen) atoms. The lowest BCUT2D eigenvalue weighted by Crippen LogP contribution is -2.28. The summed E-state index contributed by atoms with van der Waals surface area (Å²) in [5.41, 5.74) is 0.0568. The van der Waals surface area contributed by atoms with Gasteiger partial charge in [-0.3, -0.25) is 19.3 Å². The molecular formula is C19H14F2N2O5. The molecule has 2 aromatic rings. The molecule has 1 fully saturated rings. The number of amides is 3. The zero-order chi connectivity index (χ0) is 20.3. The van der Waals surface area contributed by atoms with Gasteiger partial charge in [-0.05, 0) is 36.4 Å². The smallest absolute Gasteiger partial charge is 0.338 e. The summed E-state index contributed by atoms with van der Waals surface area (Å²) in [6.45, 7) is -0.709. The number of hydrogen-bond acceptors (Lipinski definition) is 5. The van der Waals surface area contributed by atoms with Crippen LogP contribution in [0.5, 0.6) is 0 Å². The molecule has 0 atom stereocenters. The number of benzene rings is 2. The van der Waals surface area contributed by atoms with E-state index in [1.807, 2.05) is 0 Å². The van der Waals surface area contributed by atoms with Crippen molar-refractivity contribution >= 4 is 35.1 Å². The molecule has 0 aromatic heterocycles. The van der Waals surface area contributed by atoms with Crippen LogP contribution in [0.3, 0.4) is 0 Å². The van der Waals surface area contributed by atoms with Crippen LogP contribution in [-0.2, 0) is 19.1 Å². The molecule has 144 valence electrons. The van der Waals surface area contributed by atoms with Crippen molar-refractivity contribution in [2.24, 2.45) is 0 Å². The van der Waals surface area contributed by atoms with Crippen molar-refractivity contribution in [1.29, 1.82) is 0 Å². The topological polar surface area (TPSA) is 92.8 Å². The Bertz CT molecular complexity index is 943. The number of halogens is 2. The zero-order valence-corrected chi connectivity index (χ0v) is 14.4. The van der Waals surface area contributed by atoms with Crippen LogP contribution in [-0.4, -0.2) is 30.3 Å². The van der Waals surface area contributed by atoms with E-state index in [1.54, 1.807) is 0 Å². The second kappa shape index (κ2) is 7.95. The van der Waals surface area contributed by atoms with E-state index >= 15 is 0 Å². The third-order valence-corrected chi connectivity index (χ3v) is 3.95.